The fourth-order valence-electron chi connectivity index (χ4n) is 3.02. The first-order valence-electron chi connectivity index (χ1n) is 7.58. The summed E-state index contributed by atoms with van der Waals surface area (Å²) < 4.78 is 13.0. The molecule has 3 heteroatoms. The zero-order chi connectivity index (χ0) is 14.7. The fraction of sp³-hybridized carbons (Fsp3) is 0.333. The molecule has 2 aromatic carbocycles. The van der Waals surface area contributed by atoms with Gasteiger partial charge in [0.15, 0.2) is 0 Å². The summed E-state index contributed by atoms with van der Waals surface area (Å²) in [7, 11) is 0. The minimum Gasteiger partial charge on any atom is -0.384 e. The highest BCUT2D eigenvalue weighted by molar-refractivity contribution is 5.53. The Balaban J connectivity index is 1.69. The van der Waals surface area contributed by atoms with Crippen molar-refractivity contribution in [1.82, 2.24) is 0 Å². The maximum absolute atomic E-state index is 13.0. The van der Waals surface area contributed by atoms with Gasteiger partial charge in [-0.25, -0.2) is 4.39 Å². The summed E-state index contributed by atoms with van der Waals surface area (Å²) in [6.07, 6.45) is 1.10. The van der Waals surface area contributed by atoms with E-state index in [1.807, 2.05) is 12.1 Å². The number of rotatable bonds is 4. The SMILES string of the molecule is CCN(CC1CNc2ccccc2C1)c1ccc(F)cc1. The quantitative estimate of drug-likeness (QED) is 0.915. The molecule has 0 saturated heterocycles. The van der Waals surface area contributed by atoms with Gasteiger partial charge in [0.05, 0.1) is 0 Å². The Hall–Kier alpha value is -2.03. The number of anilines is 2. The minimum atomic E-state index is -0.178. The van der Waals surface area contributed by atoms with Gasteiger partial charge in [-0.3, -0.25) is 0 Å². The van der Waals surface area contributed by atoms with Crippen LogP contribution in [0.4, 0.5) is 15.8 Å². The van der Waals surface area contributed by atoms with E-state index in [4.69, 9.17) is 0 Å². The summed E-state index contributed by atoms with van der Waals surface area (Å²) in [5.41, 5.74) is 3.75. The van der Waals surface area contributed by atoms with Crippen LogP contribution in [0.5, 0.6) is 0 Å². The van der Waals surface area contributed by atoms with E-state index in [9.17, 15) is 4.39 Å². The molecule has 0 aliphatic carbocycles. The molecule has 1 atom stereocenters. The molecule has 110 valence electrons. The van der Waals surface area contributed by atoms with Crippen LogP contribution >= 0.6 is 0 Å². The number of fused-ring (bicyclic) bond motifs is 1. The van der Waals surface area contributed by atoms with E-state index in [1.54, 1.807) is 0 Å². The smallest absolute Gasteiger partial charge is 0.123 e. The maximum Gasteiger partial charge on any atom is 0.123 e. The Bertz CT molecular complexity index is 594. The van der Waals surface area contributed by atoms with Crippen molar-refractivity contribution in [2.24, 2.45) is 5.92 Å². The highest BCUT2D eigenvalue weighted by Gasteiger charge is 2.20. The highest BCUT2D eigenvalue weighted by atomic mass is 19.1. The van der Waals surface area contributed by atoms with Crippen molar-refractivity contribution < 1.29 is 4.39 Å². The molecule has 1 heterocycles. The standard InChI is InChI=1S/C18H21FN2/c1-2-21(17-9-7-16(19)8-10-17)13-14-11-15-5-3-4-6-18(15)20-12-14/h3-10,14,20H,2,11-13H2,1H3. The molecule has 0 fully saturated rings. The van der Waals surface area contributed by atoms with E-state index in [0.29, 0.717) is 5.92 Å². The van der Waals surface area contributed by atoms with Gasteiger partial charge in [0.1, 0.15) is 5.82 Å². The fourth-order valence-corrected chi connectivity index (χ4v) is 3.02. The first-order chi connectivity index (χ1) is 10.3. The number of benzene rings is 2. The zero-order valence-electron chi connectivity index (χ0n) is 12.3. The van der Waals surface area contributed by atoms with Gasteiger partial charge in [-0.2, -0.15) is 0 Å². The van der Waals surface area contributed by atoms with Crippen molar-refractivity contribution in [3.05, 3.63) is 59.9 Å². The Morgan fingerprint density at radius 3 is 2.67 bits per heavy atom. The van der Waals surface area contributed by atoms with Gasteiger partial charge in [0.25, 0.3) is 0 Å². The van der Waals surface area contributed by atoms with E-state index in [0.717, 1.165) is 31.7 Å². The Kier molecular flexibility index (Phi) is 4.09. The first kappa shape index (κ1) is 13.9. The highest BCUT2D eigenvalue weighted by Crippen LogP contribution is 2.26. The third-order valence-electron chi connectivity index (χ3n) is 4.16. The number of nitrogens with zero attached hydrogens (tertiary/aromatic N) is 1. The normalized spacial score (nSPS) is 17.0. The predicted octanol–water partition coefficient (Wildman–Crippen LogP) is 3.94. The van der Waals surface area contributed by atoms with Crippen LogP contribution in [0.2, 0.25) is 0 Å². The molecule has 0 spiro atoms. The van der Waals surface area contributed by atoms with Crippen LogP contribution in [0.15, 0.2) is 48.5 Å². The van der Waals surface area contributed by atoms with E-state index in [2.05, 4.69) is 41.4 Å². The lowest BCUT2D eigenvalue weighted by molar-refractivity contribution is 0.526. The summed E-state index contributed by atoms with van der Waals surface area (Å²) in [5.74, 6) is 0.396. The van der Waals surface area contributed by atoms with Gasteiger partial charge in [-0.1, -0.05) is 18.2 Å². The second-order valence-electron chi connectivity index (χ2n) is 5.62. The van der Waals surface area contributed by atoms with Crippen LogP contribution < -0.4 is 10.2 Å². The zero-order valence-corrected chi connectivity index (χ0v) is 12.3. The molecule has 0 amide bonds. The van der Waals surface area contributed by atoms with Crippen LogP contribution in [0, 0.1) is 11.7 Å². The molecule has 2 nitrogen and oxygen atoms in total. The van der Waals surface area contributed by atoms with Gasteiger partial charge in [0.2, 0.25) is 0 Å². The van der Waals surface area contributed by atoms with E-state index in [1.165, 1.54) is 23.4 Å². The molecule has 2 aromatic rings. The number of halogens is 1. The van der Waals surface area contributed by atoms with Crippen molar-refractivity contribution >= 4 is 11.4 Å². The topological polar surface area (TPSA) is 15.3 Å². The van der Waals surface area contributed by atoms with Crippen LogP contribution in [-0.4, -0.2) is 19.6 Å². The average Bonchev–Trinajstić information content (AvgIpc) is 2.53. The van der Waals surface area contributed by atoms with Gasteiger partial charge in [-0.15, -0.1) is 0 Å². The summed E-state index contributed by atoms with van der Waals surface area (Å²) in [4.78, 5) is 2.32. The molecule has 1 unspecified atom stereocenters. The largest absolute Gasteiger partial charge is 0.384 e. The minimum absolute atomic E-state index is 0.178. The summed E-state index contributed by atoms with van der Waals surface area (Å²) in [6.45, 7) is 5.06. The summed E-state index contributed by atoms with van der Waals surface area (Å²) in [6, 6.07) is 15.3. The maximum atomic E-state index is 13.0. The number of nitrogens with one attached hydrogen (secondary N) is 1. The molecular formula is C18H21FN2. The van der Waals surface area contributed by atoms with Crippen molar-refractivity contribution in [2.45, 2.75) is 13.3 Å². The molecule has 0 saturated carbocycles. The second-order valence-corrected chi connectivity index (χ2v) is 5.62. The van der Waals surface area contributed by atoms with Crippen LogP contribution in [-0.2, 0) is 6.42 Å². The Morgan fingerprint density at radius 2 is 1.90 bits per heavy atom. The Morgan fingerprint density at radius 1 is 1.14 bits per heavy atom. The molecule has 0 bridgehead atoms. The van der Waals surface area contributed by atoms with Gasteiger partial charge >= 0.3 is 0 Å². The third-order valence-corrected chi connectivity index (χ3v) is 4.16. The molecule has 0 aromatic heterocycles. The number of hydrogen-bond acceptors (Lipinski definition) is 2. The lowest BCUT2D eigenvalue weighted by Crippen LogP contribution is -2.35. The molecule has 3 rings (SSSR count). The van der Waals surface area contributed by atoms with Crippen LogP contribution in [0.1, 0.15) is 12.5 Å². The second kappa shape index (κ2) is 6.17. The van der Waals surface area contributed by atoms with Gasteiger partial charge in [-0.05, 0) is 55.2 Å². The van der Waals surface area contributed by atoms with E-state index in [-0.39, 0.29) is 5.82 Å². The van der Waals surface area contributed by atoms with Crippen molar-refractivity contribution in [3.63, 3.8) is 0 Å². The third kappa shape index (κ3) is 3.18. The lowest BCUT2D eigenvalue weighted by Gasteiger charge is -2.32. The molecule has 21 heavy (non-hydrogen) atoms. The molecule has 1 N–H and O–H groups in total. The molecular weight excluding hydrogens is 263 g/mol. The van der Waals surface area contributed by atoms with E-state index >= 15 is 0 Å². The number of hydrogen-bond donors (Lipinski definition) is 1. The predicted molar refractivity (Wildman–Crippen MR) is 86.4 cm³/mol. The van der Waals surface area contributed by atoms with Crippen molar-refractivity contribution in [1.29, 1.82) is 0 Å². The number of para-hydroxylation sites is 1. The van der Waals surface area contributed by atoms with E-state index < -0.39 is 0 Å². The van der Waals surface area contributed by atoms with Gasteiger partial charge < -0.3 is 10.2 Å². The summed E-state index contributed by atoms with van der Waals surface area (Å²) >= 11 is 0. The van der Waals surface area contributed by atoms with Crippen LogP contribution in [0.25, 0.3) is 0 Å². The molecule has 1 aliphatic heterocycles. The monoisotopic (exact) mass is 284 g/mol. The van der Waals surface area contributed by atoms with Crippen LogP contribution in [0.3, 0.4) is 0 Å². The first-order valence-corrected chi connectivity index (χ1v) is 7.58. The molecule has 1 aliphatic rings. The average molecular weight is 284 g/mol. The van der Waals surface area contributed by atoms with Gasteiger partial charge in [0, 0.05) is 31.0 Å². The van der Waals surface area contributed by atoms with Crippen molar-refractivity contribution in [2.75, 3.05) is 29.9 Å². The lowest BCUT2D eigenvalue weighted by atomic mass is 9.93. The molecule has 0 radical (unpaired) electrons. The summed E-state index contributed by atoms with van der Waals surface area (Å²) in [5, 5.41) is 3.52. The van der Waals surface area contributed by atoms with Crippen molar-refractivity contribution in [3.8, 4) is 0 Å². The Labute approximate surface area is 125 Å².